The first-order valence-electron chi connectivity index (χ1n) is 6.26. The van der Waals surface area contributed by atoms with Crippen LogP contribution in [0.2, 0.25) is 0 Å². The Kier molecular flexibility index (Phi) is 6.58. The van der Waals surface area contributed by atoms with E-state index >= 15 is 0 Å². The van der Waals surface area contributed by atoms with Gasteiger partial charge in [0, 0.05) is 13.7 Å². The highest BCUT2D eigenvalue weighted by atomic mass is 32.2. The molecule has 0 fully saturated rings. The lowest BCUT2D eigenvalue weighted by Gasteiger charge is -2.08. The second-order valence-corrected chi connectivity index (χ2v) is 5.97. The van der Waals surface area contributed by atoms with Crippen LogP contribution in [0, 0.1) is 0 Å². The van der Waals surface area contributed by atoms with Crippen LogP contribution in [-0.4, -0.2) is 39.4 Å². The van der Waals surface area contributed by atoms with Crippen molar-refractivity contribution >= 4 is 21.5 Å². The van der Waals surface area contributed by atoms with Crippen molar-refractivity contribution in [2.24, 2.45) is 0 Å². The predicted molar refractivity (Wildman–Crippen MR) is 76.9 cm³/mol. The molecular weight excluding hydrogens is 266 g/mol. The Bertz CT molecular complexity index is 460. The molecular formula is C12H21N3O3S. The number of ether oxygens (including phenoxy) is 1. The van der Waals surface area contributed by atoms with Gasteiger partial charge in [-0.1, -0.05) is 13.3 Å². The summed E-state index contributed by atoms with van der Waals surface area (Å²) in [5, 5.41) is 3.06. The lowest BCUT2D eigenvalue weighted by atomic mass is 10.4. The maximum absolute atomic E-state index is 11.7. The van der Waals surface area contributed by atoms with E-state index in [0.29, 0.717) is 31.1 Å². The van der Waals surface area contributed by atoms with Gasteiger partial charge in [0.25, 0.3) is 0 Å². The Balaban J connectivity index is 2.52. The van der Waals surface area contributed by atoms with E-state index in [1.165, 1.54) is 6.20 Å². The minimum absolute atomic E-state index is 0.136. The Morgan fingerprint density at radius 2 is 2.16 bits per heavy atom. The van der Waals surface area contributed by atoms with E-state index in [4.69, 9.17) is 4.74 Å². The molecule has 1 heterocycles. The molecule has 0 aromatic carbocycles. The van der Waals surface area contributed by atoms with Gasteiger partial charge in [0.1, 0.15) is 5.82 Å². The molecule has 0 unspecified atom stereocenters. The number of nitrogens with zero attached hydrogens (tertiary/aromatic N) is 1. The fourth-order valence-corrected chi connectivity index (χ4v) is 2.66. The lowest BCUT2D eigenvalue weighted by Crippen LogP contribution is -2.16. The van der Waals surface area contributed by atoms with E-state index in [2.05, 4.69) is 15.0 Å². The van der Waals surface area contributed by atoms with Crippen LogP contribution >= 0.6 is 0 Å². The van der Waals surface area contributed by atoms with E-state index in [1.807, 2.05) is 6.92 Å². The fourth-order valence-electron chi connectivity index (χ4n) is 1.40. The largest absolute Gasteiger partial charge is 0.383 e. The van der Waals surface area contributed by atoms with Crippen molar-refractivity contribution in [3.8, 4) is 0 Å². The first kappa shape index (κ1) is 15.7. The van der Waals surface area contributed by atoms with Crippen LogP contribution in [0.3, 0.4) is 0 Å². The maximum atomic E-state index is 11.7. The van der Waals surface area contributed by atoms with Gasteiger partial charge in [0.05, 0.1) is 24.2 Å². The van der Waals surface area contributed by atoms with Gasteiger partial charge in [-0.3, -0.25) is 4.72 Å². The summed E-state index contributed by atoms with van der Waals surface area (Å²) in [6.45, 7) is 3.20. The highest BCUT2D eigenvalue weighted by molar-refractivity contribution is 7.92. The first-order valence-corrected chi connectivity index (χ1v) is 7.92. The minimum Gasteiger partial charge on any atom is -0.383 e. The lowest BCUT2D eigenvalue weighted by molar-refractivity contribution is 0.210. The molecule has 1 aromatic rings. The number of sulfonamides is 1. The number of anilines is 2. The summed E-state index contributed by atoms with van der Waals surface area (Å²) in [5.41, 5.74) is 0.480. The smallest absolute Gasteiger partial charge is 0.232 e. The third-order valence-electron chi connectivity index (χ3n) is 2.42. The molecule has 0 aliphatic carbocycles. The number of nitrogens with one attached hydrogen (secondary N) is 2. The molecule has 0 bridgehead atoms. The standard InChI is InChI=1S/C12H21N3O3S/c1-3-4-9-19(16,17)15-11-5-6-12(14-10-11)13-7-8-18-2/h5-6,10,15H,3-4,7-9H2,1-2H3,(H,13,14). The third-order valence-corrected chi connectivity index (χ3v) is 3.79. The molecule has 0 amide bonds. The normalized spacial score (nSPS) is 11.3. The van der Waals surface area contributed by atoms with Gasteiger partial charge in [-0.15, -0.1) is 0 Å². The molecule has 0 aliphatic heterocycles. The summed E-state index contributed by atoms with van der Waals surface area (Å²) in [4.78, 5) is 4.12. The molecule has 108 valence electrons. The van der Waals surface area contributed by atoms with Crippen LogP contribution in [0.25, 0.3) is 0 Å². The van der Waals surface area contributed by atoms with E-state index in [0.717, 1.165) is 6.42 Å². The van der Waals surface area contributed by atoms with Crippen molar-refractivity contribution in [2.45, 2.75) is 19.8 Å². The van der Waals surface area contributed by atoms with Gasteiger partial charge in [0.15, 0.2) is 0 Å². The van der Waals surface area contributed by atoms with Crippen molar-refractivity contribution in [3.63, 3.8) is 0 Å². The number of methoxy groups -OCH3 is 1. The van der Waals surface area contributed by atoms with Crippen LogP contribution in [0.1, 0.15) is 19.8 Å². The topological polar surface area (TPSA) is 80.3 Å². The first-order chi connectivity index (χ1) is 9.07. The molecule has 2 N–H and O–H groups in total. The summed E-state index contributed by atoms with van der Waals surface area (Å²) >= 11 is 0. The number of hydrogen-bond acceptors (Lipinski definition) is 5. The number of rotatable bonds is 9. The quantitative estimate of drug-likeness (QED) is 0.675. The van der Waals surface area contributed by atoms with Gasteiger partial charge in [-0.2, -0.15) is 0 Å². The van der Waals surface area contributed by atoms with Gasteiger partial charge < -0.3 is 10.1 Å². The molecule has 1 aromatic heterocycles. The third kappa shape index (κ3) is 6.40. The van der Waals surface area contributed by atoms with Gasteiger partial charge in [0.2, 0.25) is 10.0 Å². The summed E-state index contributed by atoms with van der Waals surface area (Å²) in [6, 6.07) is 3.42. The highest BCUT2D eigenvalue weighted by Crippen LogP contribution is 2.11. The highest BCUT2D eigenvalue weighted by Gasteiger charge is 2.09. The molecule has 1 rings (SSSR count). The zero-order valence-electron chi connectivity index (χ0n) is 11.3. The molecule has 0 saturated heterocycles. The van der Waals surface area contributed by atoms with E-state index < -0.39 is 10.0 Å². The zero-order chi connectivity index (χ0) is 14.1. The molecule has 7 heteroatoms. The van der Waals surface area contributed by atoms with Crippen LogP contribution in [0.15, 0.2) is 18.3 Å². The summed E-state index contributed by atoms with van der Waals surface area (Å²) in [6.07, 6.45) is 3.00. The average molecular weight is 287 g/mol. The fraction of sp³-hybridized carbons (Fsp3) is 0.583. The summed E-state index contributed by atoms with van der Waals surface area (Å²) in [7, 11) is -1.63. The molecule has 0 atom stereocenters. The van der Waals surface area contributed by atoms with Crippen LogP contribution < -0.4 is 10.0 Å². The zero-order valence-corrected chi connectivity index (χ0v) is 12.2. The molecule has 0 radical (unpaired) electrons. The number of aromatic nitrogens is 1. The molecule has 0 aliphatic rings. The number of pyridine rings is 1. The molecule has 19 heavy (non-hydrogen) atoms. The monoisotopic (exact) mass is 287 g/mol. The van der Waals surface area contributed by atoms with Gasteiger partial charge in [-0.25, -0.2) is 13.4 Å². The van der Waals surface area contributed by atoms with Crippen molar-refractivity contribution < 1.29 is 13.2 Å². The average Bonchev–Trinajstić information content (AvgIpc) is 2.38. The van der Waals surface area contributed by atoms with Crippen LogP contribution in [0.5, 0.6) is 0 Å². The summed E-state index contributed by atoms with van der Waals surface area (Å²) < 4.78 is 30.8. The molecule has 0 spiro atoms. The Labute approximate surface area is 114 Å². The van der Waals surface area contributed by atoms with Crippen molar-refractivity contribution in [2.75, 3.05) is 36.1 Å². The number of hydrogen-bond donors (Lipinski definition) is 2. The van der Waals surface area contributed by atoms with Crippen molar-refractivity contribution in [3.05, 3.63) is 18.3 Å². The van der Waals surface area contributed by atoms with E-state index in [-0.39, 0.29) is 5.75 Å². The van der Waals surface area contributed by atoms with Crippen molar-refractivity contribution in [1.29, 1.82) is 0 Å². The van der Waals surface area contributed by atoms with E-state index in [1.54, 1.807) is 19.2 Å². The second-order valence-electron chi connectivity index (χ2n) is 4.13. The Morgan fingerprint density at radius 1 is 1.37 bits per heavy atom. The summed E-state index contributed by atoms with van der Waals surface area (Å²) in [5.74, 6) is 0.825. The van der Waals surface area contributed by atoms with Crippen molar-refractivity contribution in [1.82, 2.24) is 4.98 Å². The van der Waals surface area contributed by atoms with Gasteiger partial charge in [-0.05, 0) is 18.6 Å². The van der Waals surface area contributed by atoms with Gasteiger partial charge >= 0.3 is 0 Å². The number of unbranched alkanes of at least 4 members (excludes halogenated alkanes) is 1. The van der Waals surface area contributed by atoms with Crippen LogP contribution in [0.4, 0.5) is 11.5 Å². The molecule has 0 saturated carbocycles. The second kappa shape index (κ2) is 7.96. The molecule has 6 nitrogen and oxygen atoms in total. The minimum atomic E-state index is -3.26. The maximum Gasteiger partial charge on any atom is 0.232 e. The predicted octanol–water partition coefficient (Wildman–Crippen LogP) is 1.68. The van der Waals surface area contributed by atoms with E-state index in [9.17, 15) is 8.42 Å². The Morgan fingerprint density at radius 3 is 2.74 bits per heavy atom. The Hall–Kier alpha value is -1.34. The SMILES string of the molecule is CCCCS(=O)(=O)Nc1ccc(NCCOC)nc1. The van der Waals surface area contributed by atoms with Crippen LogP contribution in [-0.2, 0) is 14.8 Å².